The number of aliphatic hydroxyl groups excluding tert-OH is 1. The summed E-state index contributed by atoms with van der Waals surface area (Å²) in [4.78, 5) is 0. The van der Waals surface area contributed by atoms with Gasteiger partial charge in [0, 0.05) is 23.7 Å². The highest BCUT2D eigenvalue weighted by atomic mass is 32.2. The second-order valence-corrected chi connectivity index (χ2v) is 5.54. The standard InChI is InChI=1S/C11H25NOS/c1-5-12-11(9(2)3)8-14-10(4)6-7-13/h9-13H,5-8H2,1-4H3. The fraction of sp³-hybridized carbons (Fsp3) is 1.00. The molecule has 0 heterocycles. The molecule has 0 aliphatic heterocycles. The molecule has 14 heavy (non-hydrogen) atoms. The molecule has 2 N–H and O–H groups in total. The number of rotatable bonds is 8. The molecule has 0 spiro atoms. The monoisotopic (exact) mass is 219 g/mol. The van der Waals surface area contributed by atoms with E-state index in [1.807, 2.05) is 11.8 Å². The molecule has 0 bridgehead atoms. The van der Waals surface area contributed by atoms with E-state index < -0.39 is 0 Å². The highest BCUT2D eigenvalue weighted by Gasteiger charge is 2.13. The molecule has 0 aliphatic carbocycles. The summed E-state index contributed by atoms with van der Waals surface area (Å²) in [6, 6.07) is 0.603. The van der Waals surface area contributed by atoms with E-state index in [0.29, 0.717) is 23.8 Å². The molecule has 2 nitrogen and oxygen atoms in total. The molecule has 0 aromatic heterocycles. The Morgan fingerprint density at radius 1 is 1.29 bits per heavy atom. The average Bonchev–Trinajstić information content (AvgIpc) is 2.12. The van der Waals surface area contributed by atoms with Crippen LogP contribution < -0.4 is 5.32 Å². The van der Waals surface area contributed by atoms with Crippen LogP contribution in [-0.2, 0) is 0 Å². The maximum Gasteiger partial charge on any atom is 0.0441 e. The van der Waals surface area contributed by atoms with E-state index in [9.17, 15) is 0 Å². The zero-order valence-electron chi connectivity index (χ0n) is 9.92. The summed E-state index contributed by atoms with van der Waals surface area (Å²) in [6.07, 6.45) is 0.904. The van der Waals surface area contributed by atoms with Gasteiger partial charge in [0.1, 0.15) is 0 Å². The molecule has 0 radical (unpaired) electrons. The third-order valence-electron chi connectivity index (χ3n) is 2.37. The van der Waals surface area contributed by atoms with E-state index in [1.165, 1.54) is 0 Å². The molecule has 0 aliphatic rings. The van der Waals surface area contributed by atoms with Crippen molar-refractivity contribution in [2.24, 2.45) is 5.92 Å². The Morgan fingerprint density at radius 3 is 2.36 bits per heavy atom. The Labute approximate surface area is 92.9 Å². The van der Waals surface area contributed by atoms with Crippen molar-refractivity contribution in [3.8, 4) is 0 Å². The molecule has 0 saturated heterocycles. The summed E-state index contributed by atoms with van der Waals surface area (Å²) in [5.41, 5.74) is 0. The Balaban J connectivity index is 3.69. The van der Waals surface area contributed by atoms with Gasteiger partial charge in [-0.3, -0.25) is 0 Å². The highest BCUT2D eigenvalue weighted by Crippen LogP contribution is 2.17. The van der Waals surface area contributed by atoms with Gasteiger partial charge in [0.05, 0.1) is 0 Å². The molecule has 0 aromatic carbocycles. The molecule has 0 saturated carbocycles. The van der Waals surface area contributed by atoms with Crippen LogP contribution in [0.25, 0.3) is 0 Å². The van der Waals surface area contributed by atoms with E-state index in [1.54, 1.807) is 0 Å². The number of nitrogens with one attached hydrogen (secondary N) is 1. The lowest BCUT2D eigenvalue weighted by Crippen LogP contribution is -2.36. The normalized spacial score (nSPS) is 15.9. The van der Waals surface area contributed by atoms with Gasteiger partial charge in [-0.2, -0.15) is 11.8 Å². The third-order valence-corrected chi connectivity index (χ3v) is 3.72. The predicted molar refractivity (Wildman–Crippen MR) is 65.9 cm³/mol. The first-order valence-corrected chi connectivity index (χ1v) is 6.62. The van der Waals surface area contributed by atoms with Gasteiger partial charge in [0.25, 0.3) is 0 Å². The summed E-state index contributed by atoms with van der Waals surface area (Å²) in [7, 11) is 0. The van der Waals surface area contributed by atoms with Crippen molar-refractivity contribution in [1.29, 1.82) is 0 Å². The molecular weight excluding hydrogens is 194 g/mol. The Hall–Kier alpha value is 0.270. The predicted octanol–water partition coefficient (Wildman–Crippen LogP) is 2.12. The molecule has 86 valence electrons. The zero-order chi connectivity index (χ0) is 11.0. The second-order valence-electron chi connectivity index (χ2n) is 4.06. The van der Waals surface area contributed by atoms with Crippen LogP contribution in [0.5, 0.6) is 0 Å². The van der Waals surface area contributed by atoms with Crippen molar-refractivity contribution in [2.45, 2.75) is 45.4 Å². The van der Waals surface area contributed by atoms with E-state index in [4.69, 9.17) is 5.11 Å². The first-order chi connectivity index (χ1) is 6.61. The van der Waals surface area contributed by atoms with Crippen LogP contribution in [0, 0.1) is 5.92 Å². The quantitative estimate of drug-likeness (QED) is 0.656. The van der Waals surface area contributed by atoms with Crippen molar-refractivity contribution >= 4 is 11.8 Å². The van der Waals surface area contributed by atoms with Crippen LogP contribution in [0.1, 0.15) is 34.1 Å². The minimum absolute atomic E-state index is 0.307. The van der Waals surface area contributed by atoms with E-state index in [-0.39, 0.29) is 0 Å². The van der Waals surface area contributed by atoms with Crippen LogP contribution in [-0.4, -0.2) is 35.3 Å². The third kappa shape index (κ3) is 6.68. The first-order valence-electron chi connectivity index (χ1n) is 5.57. The van der Waals surface area contributed by atoms with Crippen LogP contribution >= 0.6 is 11.8 Å². The van der Waals surface area contributed by atoms with Gasteiger partial charge in [-0.15, -0.1) is 0 Å². The largest absolute Gasteiger partial charge is 0.396 e. The minimum atomic E-state index is 0.307. The maximum absolute atomic E-state index is 8.79. The lowest BCUT2D eigenvalue weighted by molar-refractivity contribution is 0.289. The average molecular weight is 219 g/mol. The summed E-state index contributed by atoms with van der Waals surface area (Å²) < 4.78 is 0. The summed E-state index contributed by atoms with van der Waals surface area (Å²) in [5, 5.41) is 12.9. The van der Waals surface area contributed by atoms with Crippen LogP contribution in [0.2, 0.25) is 0 Å². The Morgan fingerprint density at radius 2 is 1.93 bits per heavy atom. The van der Waals surface area contributed by atoms with Gasteiger partial charge in [0.2, 0.25) is 0 Å². The summed E-state index contributed by atoms with van der Waals surface area (Å²) in [6.45, 7) is 10.2. The number of hydrogen-bond donors (Lipinski definition) is 2. The van der Waals surface area contributed by atoms with Gasteiger partial charge < -0.3 is 10.4 Å². The number of hydrogen-bond acceptors (Lipinski definition) is 3. The zero-order valence-corrected chi connectivity index (χ0v) is 10.7. The van der Waals surface area contributed by atoms with E-state index in [2.05, 4.69) is 33.0 Å². The smallest absolute Gasteiger partial charge is 0.0441 e. The van der Waals surface area contributed by atoms with Gasteiger partial charge in [-0.1, -0.05) is 27.7 Å². The molecule has 2 atom stereocenters. The molecular formula is C11H25NOS. The van der Waals surface area contributed by atoms with Crippen LogP contribution in [0.3, 0.4) is 0 Å². The van der Waals surface area contributed by atoms with Gasteiger partial charge in [-0.25, -0.2) is 0 Å². The van der Waals surface area contributed by atoms with Crippen molar-refractivity contribution in [3.05, 3.63) is 0 Å². The maximum atomic E-state index is 8.79. The van der Waals surface area contributed by atoms with Crippen molar-refractivity contribution in [1.82, 2.24) is 5.32 Å². The topological polar surface area (TPSA) is 32.3 Å². The first kappa shape index (κ1) is 14.3. The van der Waals surface area contributed by atoms with Crippen LogP contribution in [0.4, 0.5) is 0 Å². The highest BCUT2D eigenvalue weighted by molar-refractivity contribution is 7.99. The summed E-state index contributed by atoms with van der Waals surface area (Å²) in [5.74, 6) is 1.83. The van der Waals surface area contributed by atoms with Crippen molar-refractivity contribution in [3.63, 3.8) is 0 Å². The minimum Gasteiger partial charge on any atom is -0.396 e. The van der Waals surface area contributed by atoms with Crippen molar-refractivity contribution in [2.75, 3.05) is 18.9 Å². The number of thioether (sulfide) groups is 1. The summed E-state index contributed by atoms with van der Waals surface area (Å²) >= 11 is 1.95. The van der Waals surface area contributed by atoms with E-state index in [0.717, 1.165) is 18.7 Å². The fourth-order valence-corrected chi connectivity index (χ4v) is 2.59. The molecule has 0 rings (SSSR count). The lowest BCUT2D eigenvalue weighted by atomic mass is 10.1. The van der Waals surface area contributed by atoms with Gasteiger partial charge >= 0.3 is 0 Å². The Kier molecular flexibility index (Phi) is 8.73. The Bertz CT molecular complexity index is 130. The second kappa shape index (κ2) is 8.57. The number of aliphatic hydroxyl groups is 1. The van der Waals surface area contributed by atoms with E-state index >= 15 is 0 Å². The lowest BCUT2D eigenvalue weighted by Gasteiger charge is -2.22. The molecule has 0 aromatic rings. The molecule has 2 unspecified atom stereocenters. The molecule has 0 amide bonds. The molecule has 0 fully saturated rings. The molecule has 3 heteroatoms. The van der Waals surface area contributed by atoms with Gasteiger partial charge in [-0.05, 0) is 18.9 Å². The van der Waals surface area contributed by atoms with Gasteiger partial charge in [0.15, 0.2) is 0 Å². The van der Waals surface area contributed by atoms with Crippen molar-refractivity contribution < 1.29 is 5.11 Å². The fourth-order valence-electron chi connectivity index (χ4n) is 1.28. The SMILES string of the molecule is CCNC(CSC(C)CCO)C(C)C. The van der Waals surface area contributed by atoms with Crippen LogP contribution in [0.15, 0.2) is 0 Å².